The SMILES string of the molecule is CCC1CC(=O)N(CC(C)CN)C1. The summed E-state index contributed by atoms with van der Waals surface area (Å²) in [4.78, 5) is 13.4. The topological polar surface area (TPSA) is 46.3 Å². The van der Waals surface area contributed by atoms with Crippen molar-refractivity contribution in [1.82, 2.24) is 4.90 Å². The molecule has 1 amide bonds. The highest BCUT2D eigenvalue weighted by atomic mass is 16.2. The molecular formula is C10H20N2O. The van der Waals surface area contributed by atoms with Crippen molar-refractivity contribution >= 4 is 5.91 Å². The van der Waals surface area contributed by atoms with Gasteiger partial charge < -0.3 is 10.6 Å². The van der Waals surface area contributed by atoms with E-state index in [1.807, 2.05) is 4.90 Å². The van der Waals surface area contributed by atoms with Crippen LogP contribution < -0.4 is 5.73 Å². The third-order valence-electron chi connectivity index (χ3n) is 2.81. The Morgan fingerprint density at radius 1 is 1.69 bits per heavy atom. The number of nitrogens with zero attached hydrogens (tertiary/aromatic N) is 1. The average molecular weight is 184 g/mol. The number of carbonyl (C=O) groups excluding carboxylic acids is 1. The van der Waals surface area contributed by atoms with Crippen molar-refractivity contribution in [2.45, 2.75) is 26.7 Å². The fraction of sp³-hybridized carbons (Fsp3) is 0.900. The van der Waals surface area contributed by atoms with Crippen molar-refractivity contribution < 1.29 is 4.79 Å². The molecular weight excluding hydrogens is 164 g/mol. The molecule has 0 bridgehead atoms. The van der Waals surface area contributed by atoms with Gasteiger partial charge in [-0.05, 0) is 18.4 Å². The van der Waals surface area contributed by atoms with Crippen molar-refractivity contribution in [3.8, 4) is 0 Å². The molecule has 0 radical (unpaired) electrons. The Morgan fingerprint density at radius 2 is 2.38 bits per heavy atom. The standard InChI is InChI=1S/C10H20N2O/c1-3-9-4-10(13)12(7-9)6-8(2)5-11/h8-9H,3-7,11H2,1-2H3. The van der Waals surface area contributed by atoms with Gasteiger partial charge in [-0.15, -0.1) is 0 Å². The quantitative estimate of drug-likeness (QED) is 0.703. The molecule has 1 aliphatic heterocycles. The van der Waals surface area contributed by atoms with Crippen LogP contribution in [-0.2, 0) is 4.79 Å². The van der Waals surface area contributed by atoms with Gasteiger partial charge in [0.1, 0.15) is 0 Å². The van der Waals surface area contributed by atoms with E-state index in [2.05, 4.69) is 13.8 Å². The van der Waals surface area contributed by atoms with E-state index in [0.717, 1.165) is 25.9 Å². The van der Waals surface area contributed by atoms with Gasteiger partial charge in [-0.3, -0.25) is 4.79 Å². The maximum Gasteiger partial charge on any atom is 0.222 e. The van der Waals surface area contributed by atoms with Crippen LogP contribution in [-0.4, -0.2) is 30.4 Å². The maximum absolute atomic E-state index is 11.5. The minimum atomic E-state index is 0.312. The number of nitrogens with two attached hydrogens (primary N) is 1. The van der Waals surface area contributed by atoms with Crippen LogP contribution in [0.5, 0.6) is 0 Å². The zero-order valence-corrected chi connectivity index (χ0v) is 8.62. The molecule has 0 aliphatic carbocycles. The second kappa shape index (κ2) is 4.61. The third-order valence-corrected chi connectivity index (χ3v) is 2.81. The van der Waals surface area contributed by atoms with Crippen molar-refractivity contribution in [3.05, 3.63) is 0 Å². The number of rotatable bonds is 4. The smallest absolute Gasteiger partial charge is 0.222 e. The van der Waals surface area contributed by atoms with Gasteiger partial charge in [0.2, 0.25) is 5.91 Å². The first kappa shape index (κ1) is 10.5. The summed E-state index contributed by atoms with van der Waals surface area (Å²) in [6, 6.07) is 0. The summed E-state index contributed by atoms with van der Waals surface area (Å²) in [7, 11) is 0. The Balaban J connectivity index is 2.39. The fourth-order valence-electron chi connectivity index (χ4n) is 1.75. The second-order valence-corrected chi connectivity index (χ2v) is 4.12. The third kappa shape index (κ3) is 2.69. The fourth-order valence-corrected chi connectivity index (χ4v) is 1.75. The molecule has 0 aromatic carbocycles. The summed E-state index contributed by atoms with van der Waals surface area (Å²) in [6.07, 6.45) is 1.85. The zero-order valence-electron chi connectivity index (χ0n) is 8.62. The predicted octanol–water partition coefficient (Wildman–Crippen LogP) is 0.840. The Kier molecular flexibility index (Phi) is 3.72. The highest BCUT2D eigenvalue weighted by Gasteiger charge is 2.28. The predicted molar refractivity (Wildman–Crippen MR) is 53.2 cm³/mol. The molecule has 1 fully saturated rings. The molecule has 2 unspecified atom stereocenters. The molecule has 1 aliphatic rings. The molecule has 76 valence electrons. The van der Waals surface area contributed by atoms with Gasteiger partial charge in [-0.2, -0.15) is 0 Å². The van der Waals surface area contributed by atoms with Crippen LogP contribution >= 0.6 is 0 Å². The van der Waals surface area contributed by atoms with E-state index in [0.29, 0.717) is 24.3 Å². The second-order valence-electron chi connectivity index (χ2n) is 4.12. The Labute approximate surface area is 80.3 Å². The zero-order chi connectivity index (χ0) is 9.84. The molecule has 2 atom stereocenters. The van der Waals surface area contributed by atoms with Crippen LogP contribution in [0.2, 0.25) is 0 Å². The molecule has 1 heterocycles. The lowest BCUT2D eigenvalue weighted by molar-refractivity contribution is -0.128. The van der Waals surface area contributed by atoms with Crippen LogP contribution in [0.3, 0.4) is 0 Å². The number of carbonyl (C=O) groups is 1. The molecule has 3 heteroatoms. The largest absolute Gasteiger partial charge is 0.342 e. The minimum Gasteiger partial charge on any atom is -0.342 e. The van der Waals surface area contributed by atoms with Gasteiger partial charge in [0.05, 0.1) is 0 Å². The Hall–Kier alpha value is -0.570. The van der Waals surface area contributed by atoms with Crippen LogP contribution in [0, 0.1) is 11.8 Å². The lowest BCUT2D eigenvalue weighted by Crippen LogP contribution is -2.32. The molecule has 13 heavy (non-hydrogen) atoms. The van der Waals surface area contributed by atoms with E-state index in [4.69, 9.17) is 5.73 Å². The van der Waals surface area contributed by atoms with Gasteiger partial charge in [0.25, 0.3) is 0 Å². The molecule has 2 N–H and O–H groups in total. The van der Waals surface area contributed by atoms with Crippen molar-refractivity contribution in [2.75, 3.05) is 19.6 Å². The van der Waals surface area contributed by atoms with Gasteiger partial charge in [0.15, 0.2) is 0 Å². The van der Waals surface area contributed by atoms with Crippen molar-refractivity contribution in [1.29, 1.82) is 0 Å². The van der Waals surface area contributed by atoms with Crippen LogP contribution in [0.1, 0.15) is 26.7 Å². The number of likely N-dealkylation sites (tertiary alicyclic amines) is 1. The van der Waals surface area contributed by atoms with Gasteiger partial charge in [-0.1, -0.05) is 20.3 Å². The summed E-state index contributed by atoms with van der Waals surface area (Å²) >= 11 is 0. The Morgan fingerprint density at radius 3 is 2.85 bits per heavy atom. The van der Waals surface area contributed by atoms with Crippen LogP contribution in [0.4, 0.5) is 0 Å². The van der Waals surface area contributed by atoms with E-state index in [1.165, 1.54) is 0 Å². The van der Waals surface area contributed by atoms with E-state index in [9.17, 15) is 4.79 Å². The molecule has 0 aromatic rings. The van der Waals surface area contributed by atoms with Crippen LogP contribution in [0.25, 0.3) is 0 Å². The number of hydrogen-bond acceptors (Lipinski definition) is 2. The highest BCUT2D eigenvalue weighted by Crippen LogP contribution is 2.20. The Bertz CT molecular complexity index is 182. The highest BCUT2D eigenvalue weighted by molar-refractivity contribution is 5.78. The van der Waals surface area contributed by atoms with Crippen molar-refractivity contribution in [3.63, 3.8) is 0 Å². The monoisotopic (exact) mass is 184 g/mol. The summed E-state index contributed by atoms with van der Waals surface area (Å²) in [5.41, 5.74) is 5.52. The molecule has 0 aromatic heterocycles. The van der Waals surface area contributed by atoms with Gasteiger partial charge in [0, 0.05) is 19.5 Å². The summed E-state index contributed by atoms with van der Waals surface area (Å²) < 4.78 is 0. The van der Waals surface area contributed by atoms with Crippen molar-refractivity contribution in [2.24, 2.45) is 17.6 Å². The summed E-state index contributed by atoms with van der Waals surface area (Å²) in [6.45, 7) is 6.69. The maximum atomic E-state index is 11.5. The molecule has 1 rings (SSSR count). The van der Waals surface area contributed by atoms with Gasteiger partial charge in [-0.25, -0.2) is 0 Å². The lowest BCUT2D eigenvalue weighted by Gasteiger charge is -2.20. The van der Waals surface area contributed by atoms with E-state index in [-0.39, 0.29) is 0 Å². The van der Waals surface area contributed by atoms with E-state index < -0.39 is 0 Å². The molecule has 0 spiro atoms. The lowest BCUT2D eigenvalue weighted by atomic mass is 10.1. The molecule has 3 nitrogen and oxygen atoms in total. The molecule has 0 saturated carbocycles. The molecule has 1 saturated heterocycles. The summed E-state index contributed by atoms with van der Waals surface area (Å²) in [5, 5.41) is 0. The summed E-state index contributed by atoms with van der Waals surface area (Å²) in [5.74, 6) is 1.32. The average Bonchev–Trinajstić information content (AvgIpc) is 2.47. The first-order valence-corrected chi connectivity index (χ1v) is 5.15. The minimum absolute atomic E-state index is 0.312. The van der Waals surface area contributed by atoms with E-state index in [1.54, 1.807) is 0 Å². The number of amides is 1. The normalized spacial score (nSPS) is 25.3. The first-order chi connectivity index (χ1) is 6.17. The van der Waals surface area contributed by atoms with E-state index >= 15 is 0 Å². The van der Waals surface area contributed by atoms with Gasteiger partial charge >= 0.3 is 0 Å². The number of hydrogen-bond donors (Lipinski definition) is 1. The first-order valence-electron chi connectivity index (χ1n) is 5.15. The van der Waals surface area contributed by atoms with Crippen LogP contribution in [0.15, 0.2) is 0 Å².